The first kappa shape index (κ1) is 18.6. The number of rotatable bonds is 4. The molecule has 3 heterocycles. The minimum absolute atomic E-state index is 0.199. The molecular formula is C18H24BN3O4. The van der Waals surface area contributed by atoms with Gasteiger partial charge in [-0.1, -0.05) is 0 Å². The summed E-state index contributed by atoms with van der Waals surface area (Å²) in [5.74, 6) is -0.496. The molecule has 0 radical (unpaired) electrons. The quantitative estimate of drug-likeness (QED) is 0.615. The fourth-order valence-electron chi connectivity index (χ4n) is 2.71. The van der Waals surface area contributed by atoms with Gasteiger partial charge in [-0.3, -0.25) is 4.68 Å². The Morgan fingerprint density at radius 2 is 1.92 bits per heavy atom. The van der Waals surface area contributed by atoms with Gasteiger partial charge in [0.25, 0.3) is 0 Å². The van der Waals surface area contributed by atoms with Crippen LogP contribution in [0.4, 0.5) is 0 Å². The Labute approximate surface area is 153 Å². The third kappa shape index (κ3) is 3.26. The monoisotopic (exact) mass is 357 g/mol. The fourth-order valence-corrected chi connectivity index (χ4v) is 2.71. The summed E-state index contributed by atoms with van der Waals surface area (Å²) in [6, 6.07) is 3.72. The normalized spacial score (nSPS) is 18.2. The van der Waals surface area contributed by atoms with E-state index in [0.717, 1.165) is 11.3 Å². The number of carbonyl (C=O) groups excluding carboxylic acids is 1. The minimum Gasteiger partial charge on any atom is -0.461 e. The van der Waals surface area contributed by atoms with Gasteiger partial charge < -0.3 is 14.0 Å². The van der Waals surface area contributed by atoms with E-state index in [9.17, 15) is 4.79 Å². The summed E-state index contributed by atoms with van der Waals surface area (Å²) in [5.41, 5.74) is 1.24. The number of ether oxygens (including phenoxy) is 1. The Morgan fingerprint density at radius 3 is 2.46 bits per heavy atom. The van der Waals surface area contributed by atoms with Crippen molar-refractivity contribution in [2.24, 2.45) is 7.05 Å². The van der Waals surface area contributed by atoms with Crippen LogP contribution in [0, 0.1) is 0 Å². The molecular weight excluding hydrogens is 333 g/mol. The van der Waals surface area contributed by atoms with Crippen molar-refractivity contribution in [1.82, 2.24) is 14.8 Å². The van der Waals surface area contributed by atoms with Gasteiger partial charge in [-0.2, -0.15) is 5.10 Å². The molecule has 138 valence electrons. The van der Waals surface area contributed by atoms with E-state index in [1.165, 1.54) is 0 Å². The average molecular weight is 357 g/mol. The summed E-state index contributed by atoms with van der Waals surface area (Å²) >= 11 is 0. The first-order valence-electron chi connectivity index (χ1n) is 8.67. The van der Waals surface area contributed by atoms with Crippen molar-refractivity contribution in [2.45, 2.75) is 45.8 Å². The average Bonchev–Trinajstić information content (AvgIpc) is 3.08. The maximum atomic E-state index is 12.4. The van der Waals surface area contributed by atoms with Crippen molar-refractivity contribution in [3.05, 3.63) is 30.2 Å². The van der Waals surface area contributed by atoms with E-state index in [-0.39, 0.29) is 12.3 Å². The molecule has 0 spiro atoms. The van der Waals surface area contributed by atoms with Crippen LogP contribution in [0.2, 0.25) is 0 Å². The van der Waals surface area contributed by atoms with Gasteiger partial charge in [-0.25, -0.2) is 9.78 Å². The molecule has 0 aromatic carbocycles. The SMILES string of the molecule is CCOC(=O)c1ncc(-c2ccn(C)n2)cc1B1OC(C)(C)C(C)(C)O1. The molecule has 2 aromatic rings. The lowest BCUT2D eigenvalue weighted by molar-refractivity contribution is 0.00578. The van der Waals surface area contributed by atoms with E-state index in [1.54, 1.807) is 17.8 Å². The summed E-state index contributed by atoms with van der Waals surface area (Å²) in [6.07, 6.45) is 3.46. The highest BCUT2D eigenvalue weighted by molar-refractivity contribution is 6.63. The summed E-state index contributed by atoms with van der Waals surface area (Å²) in [7, 11) is 1.13. The van der Waals surface area contributed by atoms with E-state index in [4.69, 9.17) is 14.0 Å². The molecule has 1 saturated heterocycles. The second-order valence-electron chi connectivity index (χ2n) is 7.35. The Balaban J connectivity index is 2.06. The molecule has 0 bridgehead atoms. The van der Waals surface area contributed by atoms with Gasteiger partial charge >= 0.3 is 13.1 Å². The van der Waals surface area contributed by atoms with Gasteiger partial charge in [0, 0.05) is 30.5 Å². The number of aromatic nitrogens is 3. The summed E-state index contributed by atoms with van der Waals surface area (Å²) in [5, 5.41) is 4.40. The van der Waals surface area contributed by atoms with Crippen molar-refractivity contribution >= 4 is 18.6 Å². The van der Waals surface area contributed by atoms with Crippen LogP contribution >= 0.6 is 0 Å². The van der Waals surface area contributed by atoms with Gasteiger partial charge in [0.05, 0.1) is 23.5 Å². The number of pyridine rings is 1. The number of carbonyl (C=O) groups is 1. The van der Waals surface area contributed by atoms with Crippen LogP contribution in [0.25, 0.3) is 11.3 Å². The lowest BCUT2D eigenvalue weighted by Crippen LogP contribution is -2.41. The van der Waals surface area contributed by atoms with Gasteiger partial charge in [-0.15, -0.1) is 0 Å². The molecule has 0 N–H and O–H groups in total. The first-order valence-corrected chi connectivity index (χ1v) is 8.67. The Morgan fingerprint density at radius 1 is 1.27 bits per heavy atom. The number of nitrogens with zero attached hydrogens (tertiary/aromatic N) is 3. The second-order valence-corrected chi connectivity index (χ2v) is 7.35. The number of hydrogen-bond donors (Lipinski definition) is 0. The van der Waals surface area contributed by atoms with Crippen LogP contribution in [-0.4, -0.2) is 45.7 Å². The molecule has 3 rings (SSSR count). The van der Waals surface area contributed by atoms with Gasteiger partial charge in [0.1, 0.15) is 5.69 Å². The Kier molecular flexibility index (Phi) is 4.66. The molecule has 7 nitrogen and oxygen atoms in total. The number of hydrogen-bond acceptors (Lipinski definition) is 6. The molecule has 0 unspecified atom stereocenters. The zero-order valence-corrected chi connectivity index (χ0v) is 16.1. The highest BCUT2D eigenvalue weighted by Crippen LogP contribution is 2.36. The van der Waals surface area contributed by atoms with Crippen LogP contribution in [0.1, 0.15) is 45.1 Å². The van der Waals surface area contributed by atoms with Crippen molar-refractivity contribution in [3.63, 3.8) is 0 Å². The summed E-state index contributed by atoms with van der Waals surface area (Å²) < 4.78 is 19.1. The predicted molar refractivity (Wildman–Crippen MR) is 98.1 cm³/mol. The van der Waals surface area contributed by atoms with E-state index in [2.05, 4.69) is 10.1 Å². The minimum atomic E-state index is -0.712. The highest BCUT2D eigenvalue weighted by Gasteiger charge is 2.53. The molecule has 2 aromatic heterocycles. The first-order chi connectivity index (χ1) is 12.1. The van der Waals surface area contributed by atoms with E-state index < -0.39 is 24.3 Å². The third-order valence-electron chi connectivity index (χ3n) is 4.90. The van der Waals surface area contributed by atoms with Gasteiger partial charge in [-0.05, 0) is 46.8 Å². The number of esters is 1. The van der Waals surface area contributed by atoms with Crippen molar-refractivity contribution in [2.75, 3.05) is 6.61 Å². The maximum Gasteiger partial charge on any atom is 0.497 e. The summed E-state index contributed by atoms with van der Waals surface area (Å²) in [6.45, 7) is 9.89. The molecule has 0 atom stereocenters. The van der Waals surface area contributed by atoms with Gasteiger partial charge in [0.2, 0.25) is 0 Å². The van der Waals surface area contributed by atoms with Crippen LogP contribution in [-0.2, 0) is 21.1 Å². The van der Waals surface area contributed by atoms with Crippen LogP contribution in [0.3, 0.4) is 0 Å². The van der Waals surface area contributed by atoms with Crippen molar-refractivity contribution < 1.29 is 18.8 Å². The standard InChI is InChI=1S/C18H24BN3O4/c1-7-24-16(23)15-13(19-25-17(2,3)18(4,5)26-19)10-12(11-20-15)14-8-9-22(6)21-14/h8-11H,7H2,1-6H3. The van der Waals surface area contributed by atoms with E-state index in [1.807, 2.05) is 53.1 Å². The van der Waals surface area contributed by atoms with Crippen LogP contribution < -0.4 is 5.46 Å². The van der Waals surface area contributed by atoms with Gasteiger partial charge in [0.15, 0.2) is 0 Å². The molecule has 0 aliphatic carbocycles. The smallest absolute Gasteiger partial charge is 0.461 e. The van der Waals surface area contributed by atoms with Crippen LogP contribution in [0.15, 0.2) is 24.5 Å². The molecule has 1 aliphatic heterocycles. The summed E-state index contributed by atoms with van der Waals surface area (Å²) in [4.78, 5) is 16.7. The third-order valence-corrected chi connectivity index (χ3v) is 4.90. The molecule has 26 heavy (non-hydrogen) atoms. The zero-order valence-electron chi connectivity index (χ0n) is 16.1. The lowest BCUT2D eigenvalue weighted by atomic mass is 9.77. The zero-order chi connectivity index (χ0) is 19.1. The maximum absolute atomic E-state index is 12.4. The Hall–Kier alpha value is -2.19. The molecule has 1 aliphatic rings. The van der Waals surface area contributed by atoms with E-state index in [0.29, 0.717) is 5.46 Å². The molecule has 8 heteroatoms. The van der Waals surface area contributed by atoms with E-state index >= 15 is 0 Å². The van der Waals surface area contributed by atoms with Crippen LogP contribution in [0.5, 0.6) is 0 Å². The lowest BCUT2D eigenvalue weighted by Gasteiger charge is -2.32. The van der Waals surface area contributed by atoms with Crippen molar-refractivity contribution in [1.29, 1.82) is 0 Å². The second kappa shape index (κ2) is 6.52. The highest BCUT2D eigenvalue weighted by atomic mass is 16.7. The molecule has 1 fully saturated rings. The molecule has 0 amide bonds. The fraction of sp³-hybridized carbons (Fsp3) is 0.500. The largest absolute Gasteiger partial charge is 0.497 e. The predicted octanol–water partition coefficient (Wildman–Crippen LogP) is 1.96. The number of aryl methyl sites for hydroxylation is 1. The van der Waals surface area contributed by atoms with Crippen molar-refractivity contribution in [3.8, 4) is 11.3 Å². The topological polar surface area (TPSA) is 75.5 Å². The molecule has 0 saturated carbocycles. The Bertz CT molecular complexity index is 816.